The molecule has 6 nitrogen and oxygen atoms in total. The number of carbonyl (C=O) groups is 2. The van der Waals surface area contributed by atoms with Crippen molar-refractivity contribution in [2.24, 2.45) is 5.73 Å². The van der Waals surface area contributed by atoms with Crippen LogP contribution in [-0.2, 0) is 11.3 Å². The fourth-order valence-corrected chi connectivity index (χ4v) is 3.25. The molecule has 1 heterocycles. The van der Waals surface area contributed by atoms with E-state index in [1.807, 2.05) is 18.2 Å². The lowest BCUT2D eigenvalue weighted by Gasteiger charge is -2.34. The first-order valence-electron chi connectivity index (χ1n) is 8.22. The minimum Gasteiger partial charge on any atom is -0.352 e. The molecule has 1 unspecified atom stereocenters. The summed E-state index contributed by atoms with van der Waals surface area (Å²) >= 11 is 0. The first kappa shape index (κ1) is 15.8. The highest BCUT2D eigenvalue weighted by Crippen LogP contribution is 2.35. The Labute approximate surface area is 136 Å². The molecule has 2 aliphatic rings. The minimum atomic E-state index is -0.756. The van der Waals surface area contributed by atoms with E-state index in [1.165, 1.54) is 5.56 Å². The van der Waals surface area contributed by atoms with Crippen molar-refractivity contribution in [2.45, 2.75) is 43.8 Å². The van der Waals surface area contributed by atoms with Gasteiger partial charge in [0.2, 0.25) is 5.91 Å². The van der Waals surface area contributed by atoms with E-state index in [2.05, 4.69) is 27.7 Å². The number of carbonyl (C=O) groups excluding carboxylic acids is 2. The topological polar surface area (TPSA) is 87.5 Å². The Morgan fingerprint density at radius 1 is 1.26 bits per heavy atom. The van der Waals surface area contributed by atoms with Crippen molar-refractivity contribution in [3.63, 3.8) is 0 Å². The average molecular weight is 316 g/mol. The second-order valence-electron chi connectivity index (χ2n) is 6.60. The van der Waals surface area contributed by atoms with Crippen LogP contribution >= 0.6 is 0 Å². The van der Waals surface area contributed by atoms with Gasteiger partial charge in [0.15, 0.2) is 0 Å². The van der Waals surface area contributed by atoms with Gasteiger partial charge in [-0.1, -0.05) is 30.3 Å². The van der Waals surface area contributed by atoms with Crippen LogP contribution in [0.4, 0.5) is 4.79 Å². The molecule has 4 N–H and O–H groups in total. The summed E-state index contributed by atoms with van der Waals surface area (Å²) in [5.41, 5.74) is 5.69. The number of nitrogens with one attached hydrogen (secondary N) is 2. The Balaban J connectivity index is 1.53. The molecule has 0 bridgehead atoms. The summed E-state index contributed by atoms with van der Waals surface area (Å²) < 4.78 is 0. The number of rotatable bonds is 5. The molecule has 23 heavy (non-hydrogen) atoms. The van der Waals surface area contributed by atoms with Crippen LogP contribution in [-0.4, -0.2) is 41.5 Å². The van der Waals surface area contributed by atoms with E-state index < -0.39 is 11.6 Å². The maximum absolute atomic E-state index is 12.4. The molecule has 1 aromatic rings. The molecule has 1 saturated carbocycles. The average Bonchev–Trinajstić information content (AvgIpc) is 3.29. The summed E-state index contributed by atoms with van der Waals surface area (Å²) in [6.07, 6.45) is 3.38. The molecule has 0 aromatic heterocycles. The van der Waals surface area contributed by atoms with Crippen LogP contribution in [0.15, 0.2) is 30.3 Å². The summed E-state index contributed by atoms with van der Waals surface area (Å²) in [6, 6.07) is 9.86. The van der Waals surface area contributed by atoms with Gasteiger partial charge >= 0.3 is 6.03 Å². The number of nitrogens with zero attached hydrogens (tertiary/aromatic N) is 1. The van der Waals surface area contributed by atoms with Gasteiger partial charge in [-0.3, -0.25) is 9.69 Å². The highest BCUT2D eigenvalue weighted by molar-refractivity contribution is 5.93. The fourth-order valence-electron chi connectivity index (χ4n) is 3.25. The van der Waals surface area contributed by atoms with Crippen molar-refractivity contribution >= 4 is 11.9 Å². The van der Waals surface area contributed by atoms with Crippen molar-refractivity contribution in [3.05, 3.63) is 35.9 Å². The van der Waals surface area contributed by atoms with Crippen molar-refractivity contribution < 1.29 is 9.59 Å². The van der Waals surface area contributed by atoms with Crippen LogP contribution in [0.2, 0.25) is 0 Å². The normalized spacial score (nSPS) is 23.0. The number of primary amides is 1. The zero-order valence-corrected chi connectivity index (χ0v) is 13.3. The number of nitrogens with two attached hydrogens (primary N) is 1. The zero-order chi connectivity index (χ0) is 16.3. The lowest BCUT2D eigenvalue weighted by Crippen LogP contribution is -2.55. The van der Waals surface area contributed by atoms with E-state index in [4.69, 9.17) is 5.73 Å². The van der Waals surface area contributed by atoms with Gasteiger partial charge in [-0.15, -0.1) is 0 Å². The Morgan fingerprint density at radius 3 is 2.65 bits per heavy atom. The van der Waals surface area contributed by atoms with Gasteiger partial charge in [0.05, 0.1) is 0 Å². The maximum Gasteiger partial charge on any atom is 0.313 e. The number of piperidine rings is 1. The second-order valence-corrected chi connectivity index (χ2v) is 6.60. The highest BCUT2D eigenvalue weighted by atomic mass is 16.2. The number of amides is 3. The molecule has 0 spiro atoms. The molecule has 3 rings (SSSR count). The molecule has 1 aliphatic heterocycles. The van der Waals surface area contributed by atoms with Crippen LogP contribution in [0.5, 0.6) is 0 Å². The number of hydrogen-bond acceptors (Lipinski definition) is 3. The minimum absolute atomic E-state index is 0.0946. The van der Waals surface area contributed by atoms with Crippen molar-refractivity contribution in [2.75, 3.05) is 13.1 Å². The SMILES string of the molecule is NC(=O)NC1(C(=O)NC2CCCN(Cc3ccccc3)C2)CC1. The van der Waals surface area contributed by atoms with E-state index in [0.717, 1.165) is 32.5 Å². The lowest BCUT2D eigenvalue weighted by atomic mass is 10.0. The smallest absolute Gasteiger partial charge is 0.313 e. The molecule has 1 aromatic carbocycles. The fraction of sp³-hybridized carbons (Fsp3) is 0.529. The first-order chi connectivity index (χ1) is 11.1. The van der Waals surface area contributed by atoms with Crippen LogP contribution in [0.3, 0.4) is 0 Å². The van der Waals surface area contributed by atoms with Gasteiger partial charge in [-0.05, 0) is 37.8 Å². The molecule has 124 valence electrons. The standard InChI is InChI=1S/C17H24N4O2/c18-16(23)20-17(8-9-17)15(22)19-14-7-4-10-21(12-14)11-13-5-2-1-3-6-13/h1-3,5-6,14H,4,7-12H2,(H,19,22)(H3,18,20,23). The third kappa shape index (κ3) is 4.01. The van der Waals surface area contributed by atoms with Gasteiger partial charge in [0.25, 0.3) is 0 Å². The Hall–Kier alpha value is -2.08. The lowest BCUT2D eigenvalue weighted by molar-refractivity contribution is -0.125. The zero-order valence-electron chi connectivity index (χ0n) is 13.3. The molecule has 3 amide bonds. The molecular formula is C17H24N4O2. The van der Waals surface area contributed by atoms with Crippen LogP contribution in [0, 0.1) is 0 Å². The molecule has 1 aliphatic carbocycles. The predicted octanol–water partition coefficient (Wildman–Crippen LogP) is 0.968. The second kappa shape index (κ2) is 6.58. The third-order valence-electron chi connectivity index (χ3n) is 4.64. The number of likely N-dealkylation sites (tertiary alicyclic amines) is 1. The van der Waals surface area contributed by atoms with Gasteiger partial charge in [-0.2, -0.15) is 0 Å². The van der Waals surface area contributed by atoms with Crippen LogP contribution < -0.4 is 16.4 Å². The summed E-state index contributed by atoms with van der Waals surface area (Å²) in [5, 5.41) is 5.68. The number of hydrogen-bond donors (Lipinski definition) is 3. The predicted molar refractivity (Wildman–Crippen MR) is 87.6 cm³/mol. The summed E-state index contributed by atoms with van der Waals surface area (Å²) in [7, 11) is 0. The van der Waals surface area contributed by atoms with Crippen LogP contribution in [0.25, 0.3) is 0 Å². The molecule has 1 atom stereocenters. The Kier molecular flexibility index (Phi) is 4.52. The molecule has 6 heteroatoms. The largest absolute Gasteiger partial charge is 0.352 e. The summed E-state index contributed by atoms with van der Waals surface area (Å²) in [4.78, 5) is 25.8. The molecule has 0 radical (unpaired) electrons. The van der Waals surface area contributed by atoms with Gasteiger partial charge in [-0.25, -0.2) is 4.79 Å². The van der Waals surface area contributed by atoms with Gasteiger partial charge < -0.3 is 16.4 Å². The Bertz CT molecular complexity index is 571. The van der Waals surface area contributed by atoms with E-state index >= 15 is 0 Å². The maximum atomic E-state index is 12.4. The first-order valence-corrected chi connectivity index (χ1v) is 8.22. The van der Waals surface area contributed by atoms with Crippen molar-refractivity contribution in [1.82, 2.24) is 15.5 Å². The van der Waals surface area contributed by atoms with E-state index in [0.29, 0.717) is 12.8 Å². The summed E-state index contributed by atoms with van der Waals surface area (Å²) in [5.74, 6) is -0.0946. The van der Waals surface area contributed by atoms with E-state index in [9.17, 15) is 9.59 Å². The number of urea groups is 1. The molecule has 1 saturated heterocycles. The molecular weight excluding hydrogens is 292 g/mol. The van der Waals surface area contributed by atoms with E-state index in [1.54, 1.807) is 0 Å². The van der Waals surface area contributed by atoms with Gasteiger partial charge in [0.1, 0.15) is 5.54 Å². The molecule has 2 fully saturated rings. The highest BCUT2D eigenvalue weighted by Gasteiger charge is 2.51. The quantitative estimate of drug-likeness (QED) is 0.756. The van der Waals surface area contributed by atoms with Crippen LogP contribution in [0.1, 0.15) is 31.2 Å². The third-order valence-corrected chi connectivity index (χ3v) is 4.64. The summed E-state index contributed by atoms with van der Waals surface area (Å²) in [6.45, 7) is 2.79. The Morgan fingerprint density at radius 2 is 2.00 bits per heavy atom. The van der Waals surface area contributed by atoms with Crippen molar-refractivity contribution in [3.8, 4) is 0 Å². The van der Waals surface area contributed by atoms with Crippen molar-refractivity contribution in [1.29, 1.82) is 0 Å². The van der Waals surface area contributed by atoms with E-state index in [-0.39, 0.29) is 11.9 Å². The number of benzene rings is 1. The monoisotopic (exact) mass is 316 g/mol. The van der Waals surface area contributed by atoms with Gasteiger partial charge in [0, 0.05) is 19.1 Å².